The van der Waals surface area contributed by atoms with Crippen molar-refractivity contribution in [3.8, 4) is 0 Å². The van der Waals surface area contributed by atoms with Gasteiger partial charge in [0.1, 0.15) is 11.5 Å². The van der Waals surface area contributed by atoms with Gasteiger partial charge in [0.2, 0.25) is 5.91 Å². The standard InChI is InChI=1S/C15H12BrFN4O/c16-11-1-2-14-19-8-13(21(14)9-11)4-15(22)20-6-10-3-12(17)7-18-5-10/h1-3,5,7-9H,4,6H2,(H,20,22). The molecule has 0 fully saturated rings. The lowest BCUT2D eigenvalue weighted by atomic mass is 10.2. The molecule has 0 aromatic carbocycles. The fourth-order valence-corrected chi connectivity index (χ4v) is 2.45. The number of hydrogen-bond acceptors (Lipinski definition) is 3. The largest absolute Gasteiger partial charge is 0.352 e. The Morgan fingerprint density at radius 1 is 1.32 bits per heavy atom. The van der Waals surface area contributed by atoms with Gasteiger partial charge in [0.25, 0.3) is 0 Å². The Labute approximate surface area is 134 Å². The molecule has 0 aliphatic heterocycles. The maximum atomic E-state index is 13.0. The SMILES string of the molecule is O=C(Cc1cnc2ccc(Br)cn12)NCc1cncc(F)c1. The molecule has 5 nitrogen and oxygen atoms in total. The zero-order valence-corrected chi connectivity index (χ0v) is 13.0. The number of carbonyl (C=O) groups is 1. The molecule has 0 saturated carbocycles. The van der Waals surface area contributed by atoms with Gasteiger partial charge in [-0.15, -0.1) is 0 Å². The number of fused-ring (bicyclic) bond motifs is 1. The van der Waals surface area contributed by atoms with E-state index in [1.54, 1.807) is 6.20 Å². The number of nitrogens with zero attached hydrogens (tertiary/aromatic N) is 3. The molecular formula is C15H12BrFN4O. The van der Waals surface area contributed by atoms with Crippen LogP contribution in [-0.2, 0) is 17.8 Å². The normalized spacial score (nSPS) is 10.8. The second-order valence-corrected chi connectivity index (χ2v) is 5.71. The molecule has 3 rings (SSSR count). The second-order valence-electron chi connectivity index (χ2n) is 4.79. The number of halogens is 2. The lowest BCUT2D eigenvalue weighted by Crippen LogP contribution is -2.25. The molecule has 112 valence electrons. The first-order chi connectivity index (χ1) is 10.6. The topological polar surface area (TPSA) is 59.3 Å². The fourth-order valence-electron chi connectivity index (χ4n) is 2.12. The number of aromatic nitrogens is 3. The maximum absolute atomic E-state index is 13.0. The van der Waals surface area contributed by atoms with Gasteiger partial charge in [0.15, 0.2) is 0 Å². The summed E-state index contributed by atoms with van der Waals surface area (Å²) in [6.07, 6.45) is 6.38. The third-order valence-electron chi connectivity index (χ3n) is 3.14. The summed E-state index contributed by atoms with van der Waals surface area (Å²) in [4.78, 5) is 20.0. The van der Waals surface area contributed by atoms with Gasteiger partial charge < -0.3 is 9.72 Å². The van der Waals surface area contributed by atoms with Crippen LogP contribution in [-0.4, -0.2) is 20.3 Å². The summed E-state index contributed by atoms with van der Waals surface area (Å²) < 4.78 is 15.8. The number of hydrogen-bond donors (Lipinski definition) is 1. The van der Waals surface area contributed by atoms with Crippen LogP contribution in [0.3, 0.4) is 0 Å². The Bertz CT molecular complexity index is 833. The third-order valence-corrected chi connectivity index (χ3v) is 3.61. The van der Waals surface area contributed by atoms with Crippen LogP contribution >= 0.6 is 15.9 Å². The summed E-state index contributed by atoms with van der Waals surface area (Å²) in [5.74, 6) is -0.579. The van der Waals surface area contributed by atoms with Crippen molar-refractivity contribution in [2.75, 3.05) is 0 Å². The molecule has 0 saturated heterocycles. The van der Waals surface area contributed by atoms with Crippen molar-refractivity contribution in [1.29, 1.82) is 0 Å². The highest BCUT2D eigenvalue weighted by Crippen LogP contribution is 2.14. The first-order valence-corrected chi connectivity index (χ1v) is 7.39. The highest BCUT2D eigenvalue weighted by molar-refractivity contribution is 9.10. The molecule has 22 heavy (non-hydrogen) atoms. The number of amides is 1. The van der Waals surface area contributed by atoms with Crippen LogP contribution in [0, 0.1) is 5.82 Å². The van der Waals surface area contributed by atoms with Crippen LogP contribution in [0.1, 0.15) is 11.3 Å². The molecule has 0 atom stereocenters. The van der Waals surface area contributed by atoms with Gasteiger partial charge in [-0.05, 0) is 39.7 Å². The average molecular weight is 363 g/mol. The van der Waals surface area contributed by atoms with E-state index in [1.807, 2.05) is 22.7 Å². The van der Waals surface area contributed by atoms with Crippen molar-refractivity contribution in [2.45, 2.75) is 13.0 Å². The summed E-state index contributed by atoms with van der Waals surface area (Å²) in [6.45, 7) is 0.240. The molecule has 0 aliphatic rings. The van der Waals surface area contributed by atoms with Crippen molar-refractivity contribution in [2.24, 2.45) is 0 Å². The van der Waals surface area contributed by atoms with Crippen molar-refractivity contribution < 1.29 is 9.18 Å². The quantitative estimate of drug-likeness (QED) is 0.775. The van der Waals surface area contributed by atoms with Gasteiger partial charge in [-0.1, -0.05) is 0 Å². The average Bonchev–Trinajstić information content (AvgIpc) is 2.88. The summed E-state index contributed by atoms with van der Waals surface area (Å²) in [5, 5.41) is 2.75. The van der Waals surface area contributed by atoms with E-state index in [2.05, 4.69) is 31.2 Å². The van der Waals surface area contributed by atoms with Gasteiger partial charge in [0.05, 0.1) is 18.3 Å². The van der Waals surface area contributed by atoms with Crippen LogP contribution in [0.2, 0.25) is 0 Å². The van der Waals surface area contributed by atoms with Gasteiger partial charge in [-0.25, -0.2) is 9.37 Å². The zero-order chi connectivity index (χ0) is 15.5. The Morgan fingerprint density at radius 3 is 3.00 bits per heavy atom. The van der Waals surface area contributed by atoms with Crippen molar-refractivity contribution in [3.05, 3.63) is 64.5 Å². The number of pyridine rings is 2. The molecule has 7 heteroatoms. The number of nitrogens with one attached hydrogen (secondary N) is 1. The molecule has 3 aromatic heterocycles. The maximum Gasteiger partial charge on any atom is 0.226 e. The molecule has 3 heterocycles. The molecule has 0 bridgehead atoms. The Balaban J connectivity index is 1.67. The number of imidazole rings is 1. The van der Waals surface area contributed by atoms with Crippen LogP contribution in [0.15, 0.2) is 47.5 Å². The third kappa shape index (κ3) is 3.30. The van der Waals surface area contributed by atoms with E-state index in [9.17, 15) is 9.18 Å². The molecule has 0 aliphatic carbocycles. The lowest BCUT2D eigenvalue weighted by molar-refractivity contribution is -0.120. The Morgan fingerprint density at radius 2 is 2.18 bits per heavy atom. The lowest BCUT2D eigenvalue weighted by Gasteiger charge is -2.05. The minimum atomic E-state index is -0.418. The minimum absolute atomic E-state index is 0.161. The highest BCUT2D eigenvalue weighted by Gasteiger charge is 2.09. The molecule has 0 radical (unpaired) electrons. The van der Waals surface area contributed by atoms with Gasteiger partial charge in [-0.3, -0.25) is 9.78 Å². The molecule has 0 unspecified atom stereocenters. The van der Waals surface area contributed by atoms with E-state index in [-0.39, 0.29) is 18.9 Å². The van der Waals surface area contributed by atoms with Gasteiger partial charge in [-0.2, -0.15) is 0 Å². The number of rotatable bonds is 4. The second kappa shape index (κ2) is 6.23. The zero-order valence-electron chi connectivity index (χ0n) is 11.5. The van der Waals surface area contributed by atoms with Crippen LogP contribution < -0.4 is 5.32 Å². The Kier molecular flexibility index (Phi) is 4.15. The number of carbonyl (C=O) groups excluding carboxylic acids is 1. The molecular weight excluding hydrogens is 351 g/mol. The predicted molar refractivity (Wildman–Crippen MR) is 82.6 cm³/mol. The van der Waals surface area contributed by atoms with E-state index < -0.39 is 5.82 Å². The van der Waals surface area contributed by atoms with Crippen molar-refractivity contribution in [1.82, 2.24) is 19.7 Å². The van der Waals surface area contributed by atoms with Crippen LogP contribution in [0.25, 0.3) is 5.65 Å². The molecule has 1 N–H and O–H groups in total. The van der Waals surface area contributed by atoms with Crippen molar-refractivity contribution >= 4 is 27.5 Å². The van der Waals surface area contributed by atoms with Crippen molar-refractivity contribution in [3.63, 3.8) is 0 Å². The van der Waals surface area contributed by atoms with Crippen LogP contribution in [0.5, 0.6) is 0 Å². The smallest absolute Gasteiger partial charge is 0.226 e. The summed E-state index contributed by atoms with van der Waals surface area (Å²) >= 11 is 3.39. The Hall–Kier alpha value is -2.28. The first kappa shape index (κ1) is 14.6. The van der Waals surface area contributed by atoms with Gasteiger partial charge >= 0.3 is 0 Å². The fraction of sp³-hybridized carbons (Fsp3) is 0.133. The van der Waals surface area contributed by atoms with Crippen LogP contribution in [0.4, 0.5) is 4.39 Å². The first-order valence-electron chi connectivity index (χ1n) is 6.59. The van der Waals surface area contributed by atoms with Gasteiger partial charge in [0, 0.05) is 29.6 Å². The monoisotopic (exact) mass is 362 g/mol. The summed E-state index contributed by atoms with van der Waals surface area (Å²) in [5.41, 5.74) is 2.18. The van der Waals surface area contributed by atoms with E-state index in [1.165, 1.54) is 12.3 Å². The van der Waals surface area contributed by atoms with E-state index in [4.69, 9.17) is 0 Å². The van der Waals surface area contributed by atoms with E-state index in [0.29, 0.717) is 5.56 Å². The summed E-state index contributed by atoms with van der Waals surface area (Å²) in [7, 11) is 0. The summed E-state index contributed by atoms with van der Waals surface area (Å²) in [6, 6.07) is 5.10. The highest BCUT2D eigenvalue weighted by atomic mass is 79.9. The molecule has 3 aromatic rings. The minimum Gasteiger partial charge on any atom is -0.352 e. The predicted octanol–water partition coefficient (Wildman–Crippen LogP) is 2.49. The molecule has 0 spiro atoms. The molecule has 1 amide bonds. The van der Waals surface area contributed by atoms with E-state index in [0.717, 1.165) is 22.0 Å². The van der Waals surface area contributed by atoms with E-state index >= 15 is 0 Å².